The van der Waals surface area contributed by atoms with E-state index in [4.69, 9.17) is 28.4 Å². The molecule has 0 radical (unpaired) electrons. The minimum Gasteiger partial charge on any atom is -0.464 e. The van der Waals surface area contributed by atoms with Gasteiger partial charge in [0.2, 0.25) is 5.75 Å². The maximum atomic E-state index is 5.43. The van der Waals surface area contributed by atoms with Gasteiger partial charge in [-0.3, -0.25) is 0 Å². The van der Waals surface area contributed by atoms with Gasteiger partial charge in [-0.1, -0.05) is 6.07 Å². The average molecular weight is 258 g/mol. The zero-order chi connectivity index (χ0) is 13.2. The van der Waals surface area contributed by atoms with Crippen molar-refractivity contribution in [1.82, 2.24) is 0 Å². The third-order valence-corrected chi connectivity index (χ3v) is 1.93. The first-order valence-corrected chi connectivity index (χ1v) is 5.31. The first kappa shape index (κ1) is 14.6. The molecule has 0 fully saturated rings. The van der Waals surface area contributed by atoms with E-state index in [0.29, 0.717) is 17.2 Å². The summed E-state index contributed by atoms with van der Waals surface area (Å²) in [6, 6.07) is 5.29. The first-order chi connectivity index (χ1) is 8.83. The van der Waals surface area contributed by atoms with Crippen LogP contribution < -0.4 is 14.2 Å². The second-order valence-corrected chi connectivity index (χ2v) is 3.24. The fourth-order valence-corrected chi connectivity index (χ4v) is 1.23. The van der Waals surface area contributed by atoms with Crippen molar-refractivity contribution in [2.45, 2.75) is 0 Å². The molecule has 1 aromatic carbocycles. The summed E-state index contributed by atoms with van der Waals surface area (Å²) in [7, 11) is 4.62. The van der Waals surface area contributed by atoms with Gasteiger partial charge >= 0.3 is 0 Å². The van der Waals surface area contributed by atoms with Gasteiger partial charge < -0.3 is 28.4 Å². The highest BCUT2D eigenvalue weighted by Gasteiger charge is 2.12. The summed E-state index contributed by atoms with van der Waals surface area (Å²) in [4.78, 5) is 0. The van der Waals surface area contributed by atoms with Gasteiger partial charge in [-0.05, 0) is 12.1 Å². The molecule has 18 heavy (non-hydrogen) atoms. The van der Waals surface area contributed by atoms with E-state index >= 15 is 0 Å². The van der Waals surface area contributed by atoms with Crippen molar-refractivity contribution in [2.24, 2.45) is 0 Å². The molecular formula is C12H18O6. The van der Waals surface area contributed by atoms with Gasteiger partial charge in [0.15, 0.2) is 31.9 Å². The maximum Gasteiger partial charge on any atom is 0.206 e. The third kappa shape index (κ3) is 4.40. The highest BCUT2D eigenvalue weighted by Crippen LogP contribution is 2.37. The molecule has 6 nitrogen and oxygen atoms in total. The van der Waals surface area contributed by atoms with Gasteiger partial charge in [0.05, 0.1) is 0 Å². The van der Waals surface area contributed by atoms with Crippen LogP contribution in [0.2, 0.25) is 0 Å². The Balaban J connectivity index is 2.85. The number of hydrogen-bond donors (Lipinski definition) is 0. The minimum absolute atomic E-state index is 0.0939. The average Bonchev–Trinajstić information content (AvgIpc) is 2.41. The molecule has 0 N–H and O–H groups in total. The van der Waals surface area contributed by atoms with E-state index < -0.39 is 0 Å². The van der Waals surface area contributed by atoms with Crippen molar-refractivity contribution in [2.75, 3.05) is 41.7 Å². The lowest BCUT2D eigenvalue weighted by molar-refractivity contribution is 0.0218. The normalized spacial score (nSPS) is 10.2. The van der Waals surface area contributed by atoms with E-state index in [-0.39, 0.29) is 20.4 Å². The standard InChI is InChI=1S/C12H18O6/c1-13-7-16-10-5-4-6-11(17-8-14-2)12(10)18-9-15-3/h4-6H,7-9H2,1-3H3. The first-order valence-electron chi connectivity index (χ1n) is 5.31. The molecule has 0 bridgehead atoms. The largest absolute Gasteiger partial charge is 0.464 e. The van der Waals surface area contributed by atoms with E-state index in [1.54, 1.807) is 32.4 Å². The number of hydrogen-bond acceptors (Lipinski definition) is 6. The highest BCUT2D eigenvalue weighted by atomic mass is 16.7. The van der Waals surface area contributed by atoms with Crippen LogP contribution in [-0.4, -0.2) is 41.7 Å². The van der Waals surface area contributed by atoms with Gasteiger partial charge in [0.1, 0.15) is 0 Å². The summed E-state index contributed by atoms with van der Waals surface area (Å²) >= 11 is 0. The molecule has 1 rings (SSSR count). The fraction of sp³-hybridized carbons (Fsp3) is 0.500. The monoisotopic (exact) mass is 258 g/mol. The molecule has 0 atom stereocenters. The Bertz CT molecular complexity index is 315. The topological polar surface area (TPSA) is 55.4 Å². The van der Waals surface area contributed by atoms with Gasteiger partial charge in [-0.25, -0.2) is 0 Å². The quantitative estimate of drug-likeness (QED) is 0.627. The molecule has 102 valence electrons. The lowest BCUT2D eigenvalue weighted by Gasteiger charge is -2.15. The Morgan fingerprint density at radius 3 is 1.61 bits per heavy atom. The number of methoxy groups -OCH3 is 3. The van der Waals surface area contributed by atoms with Gasteiger partial charge in [0, 0.05) is 21.3 Å². The Morgan fingerprint density at radius 1 is 0.722 bits per heavy atom. The van der Waals surface area contributed by atoms with Gasteiger partial charge in [0.25, 0.3) is 0 Å². The summed E-state index contributed by atoms with van der Waals surface area (Å²) in [6.07, 6.45) is 0. The van der Waals surface area contributed by atoms with Crippen LogP contribution in [-0.2, 0) is 14.2 Å². The predicted molar refractivity (Wildman–Crippen MR) is 64.0 cm³/mol. The van der Waals surface area contributed by atoms with Crippen LogP contribution in [0.5, 0.6) is 17.2 Å². The van der Waals surface area contributed by atoms with Crippen LogP contribution in [0.3, 0.4) is 0 Å². The van der Waals surface area contributed by atoms with Crippen molar-refractivity contribution < 1.29 is 28.4 Å². The predicted octanol–water partition coefficient (Wildman–Crippen LogP) is 1.63. The number of benzene rings is 1. The third-order valence-electron chi connectivity index (χ3n) is 1.93. The van der Waals surface area contributed by atoms with E-state index in [1.807, 2.05) is 0 Å². The Kier molecular flexibility index (Phi) is 6.93. The number of para-hydroxylation sites is 1. The summed E-state index contributed by atoms with van der Waals surface area (Å²) in [5.41, 5.74) is 0. The Hall–Kier alpha value is -1.50. The molecule has 0 saturated carbocycles. The Labute approximate surface area is 106 Å². The lowest BCUT2D eigenvalue weighted by atomic mass is 10.3. The van der Waals surface area contributed by atoms with Crippen LogP contribution in [0.1, 0.15) is 0 Å². The molecule has 0 unspecified atom stereocenters. The molecule has 0 aromatic heterocycles. The molecule has 6 heteroatoms. The van der Waals surface area contributed by atoms with Crippen molar-refractivity contribution >= 4 is 0 Å². The molecule has 0 spiro atoms. The fourth-order valence-electron chi connectivity index (χ4n) is 1.23. The summed E-state index contributed by atoms with van der Waals surface area (Å²) < 4.78 is 30.8. The SMILES string of the molecule is COCOc1cccc(OCOC)c1OCOC. The second-order valence-electron chi connectivity index (χ2n) is 3.24. The Morgan fingerprint density at radius 2 is 1.17 bits per heavy atom. The van der Waals surface area contributed by atoms with Gasteiger partial charge in [-0.15, -0.1) is 0 Å². The molecule has 0 heterocycles. The van der Waals surface area contributed by atoms with Crippen LogP contribution >= 0.6 is 0 Å². The number of rotatable bonds is 9. The lowest BCUT2D eigenvalue weighted by Crippen LogP contribution is -2.07. The smallest absolute Gasteiger partial charge is 0.206 e. The van der Waals surface area contributed by atoms with Crippen LogP contribution in [0.4, 0.5) is 0 Å². The van der Waals surface area contributed by atoms with Crippen molar-refractivity contribution in [1.29, 1.82) is 0 Å². The van der Waals surface area contributed by atoms with Crippen LogP contribution in [0.25, 0.3) is 0 Å². The zero-order valence-corrected chi connectivity index (χ0v) is 10.8. The van der Waals surface area contributed by atoms with E-state index in [9.17, 15) is 0 Å². The van der Waals surface area contributed by atoms with Crippen molar-refractivity contribution in [3.05, 3.63) is 18.2 Å². The van der Waals surface area contributed by atoms with Crippen LogP contribution in [0, 0.1) is 0 Å². The van der Waals surface area contributed by atoms with Crippen molar-refractivity contribution in [3.63, 3.8) is 0 Å². The molecule has 0 amide bonds. The zero-order valence-electron chi connectivity index (χ0n) is 10.8. The van der Waals surface area contributed by atoms with Crippen molar-refractivity contribution in [3.8, 4) is 17.2 Å². The molecule has 1 aromatic rings. The second kappa shape index (κ2) is 8.57. The summed E-state index contributed by atoms with van der Waals surface area (Å²) in [5, 5.41) is 0. The number of ether oxygens (including phenoxy) is 6. The molecule has 0 saturated heterocycles. The maximum absolute atomic E-state index is 5.43. The minimum atomic E-state index is 0.0939. The molecular weight excluding hydrogens is 240 g/mol. The summed E-state index contributed by atoms with van der Waals surface area (Å²) in [6.45, 7) is 0.338. The molecule has 0 aliphatic carbocycles. The highest BCUT2D eigenvalue weighted by molar-refractivity contribution is 5.51. The summed E-state index contributed by atoms with van der Waals surface area (Å²) in [5.74, 6) is 1.48. The van der Waals surface area contributed by atoms with Gasteiger partial charge in [-0.2, -0.15) is 0 Å². The van der Waals surface area contributed by atoms with E-state index in [1.165, 1.54) is 7.11 Å². The molecule has 0 aliphatic heterocycles. The van der Waals surface area contributed by atoms with E-state index in [2.05, 4.69) is 0 Å². The van der Waals surface area contributed by atoms with E-state index in [0.717, 1.165) is 0 Å². The van der Waals surface area contributed by atoms with Crippen LogP contribution in [0.15, 0.2) is 18.2 Å². The molecule has 0 aliphatic rings.